The summed E-state index contributed by atoms with van der Waals surface area (Å²) in [4.78, 5) is 6.91. The molecule has 0 aliphatic heterocycles. The van der Waals surface area contributed by atoms with Crippen molar-refractivity contribution in [3.05, 3.63) is 47.0 Å². The van der Waals surface area contributed by atoms with E-state index in [-0.39, 0.29) is 24.0 Å². The standard InChI is InChI=1S/C19H29ClN6.HI/c1-5-15(3)23-19(21-11-12-26-14-22-24-18(26)6-2)25(4)13-16-9-7-8-10-17(16)20;/h7-10,14-15H,5-6,11-13H2,1-4H3,(H,21,23);1H. The van der Waals surface area contributed by atoms with Crippen LogP contribution in [-0.2, 0) is 19.5 Å². The predicted molar refractivity (Wildman–Crippen MR) is 123 cm³/mol. The zero-order chi connectivity index (χ0) is 18.9. The van der Waals surface area contributed by atoms with Crippen LogP contribution in [0.1, 0.15) is 38.6 Å². The third kappa shape index (κ3) is 7.29. The van der Waals surface area contributed by atoms with Gasteiger partial charge < -0.3 is 14.8 Å². The van der Waals surface area contributed by atoms with Crippen LogP contribution in [0.2, 0.25) is 5.02 Å². The second-order valence-electron chi connectivity index (χ2n) is 6.40. The van der Waals surface area contributed by atoms with Gasteiger partial charge in [-0.15, -0.1) is 34.2 Å². The zero-order valence-electron chi connectivity index (χ0n) is 16.5. The number of rotatable bonds is 8. The molecule has 1 aromatic heterocycles. The van der Waals surface area contributed by atoms with E-state index in [1.54, 1.807) is 6.33 Å². The van der Waals surface area contributed by atoms with Gasteiger partial charge in [0, 0.05) is 37.6 Å². The van der Waals surface area contributed by atoms with Crippen molar-refractivity contribution in [2.45, 2.75) is 52.7 Å². The smallest absolute Gasteiger partial charge is 0.194 e. The molecule has 0 saturated heterocycles. The molecular formula is C19H30ClIN6. The number of aliphatic imine (C=N–C) groups is 1. The highest BCUT2D eigenvalue weighted by Gasteiger charge is 2.11. The summed E-state index contributed by atoms with van der Waals surface area (Å²) in [7, 11) is 2.04. The number of hydrogen-bond donors (Lipinski definition) is 1. The van der Waals surface area contributed by atoms with Crippen molar-refractivity contribution in [2.24, 2.45) is 4.99 Å². The maximum Gasteiger partial charge on any atom is 0.194 e. The Bertz CT molecular complexity index is 718. The highest BCUT2D eigenvalue weighted by Crippen LogP contribution is 2.16. The fourth-order valence-corrected chi connectivity index (χ4v) is 2.75. The molecule has 1 unspecified atom stereocenters. The molecule has 0 aliphatic rings. The molecule has 0 radical (unpaired) electrons. The van der Waals surface area contributed by atoms with Crippen LogP contribution in [0.4, 0.5) is 0 Å². The van der Waals surface area contributed by atoms with Gasteiger partial charge in [0.2, 0.25) is 0 Å². The van der Waals surface area contributed by atoms with Crippen molar-refractivity contribution < 1.29 is 0 Å². The summed E-state index contributed by atoms with van der Waals surface area (Å²) in [5, 5.41) is 12.4. The lowest BCUT2D eigenvalue weighted by Crippen LogP contribution is -2.43. The van der Waals surface area contributed by atoms with Gasteiger partial charge in [-0.3, -0.25) is 4.99 Å². The topological polar surface area (TPSA) is 58.3 Å². The number of benzene rings is 1. The fourth-order valence-electron chi connectivity index (χ4n) is 2.56. The average Bonchev–Trinajstić information content (AvgIpc) is 3.10. The predicted octanol–water partition coefficient (Wildman–Crippen LogP) is 3.99. The Morgan fingerprint density at radius 3 is 2.74 bits per heavy atom. The summed E-state index contributed by atoms with van der Waals surface area (Å²) in [5.74, 6) is 1.87. The van der Waals surface area contributed by atoms with E-state index in [1.807, 2.05) is 31.3 Å². The Hall–Kier alpha value is -1.35. The van der Waals surface area contributed by atoms with Gasteiger partial charge in [0.25, 0.3) is 0 Å². The molecule has 0 fully saturated rings. The van der Waals surface area contributed by atoms with E-state index in [0.29, 0.717) is 19.1 Å². The molecule has 0 bridgehead atoms. The highest BCUT2D eigenvalue weighted by molar-refractivity contribution is 14.0. The first-order valence-electron chi connectivity index (χ1n) is 9.17. The second-order valence-corrected chi connectivity index (χ2v) is 6.81. The normalized spacial score (nSPS) is 12.4. The summed E-state index contributed by atoms with van der Waals surface area (Å²) in [6, 6.07) is 8.27. The Balaban J connectivity index is 0.00000364. The van der Waals surface area contributed by atoms with Crippen molar-refractivity contribution in [1.82, 2.24) is 25.0 Å². The Labute approximate surface area is 184 Å². The number of guanidine groups is 1. The minimum Gasteiger partial charge on any atom is -0.354 e. The lowest BCUT2D eigenvalue weighted by Gasteiger charge is -2.25. The van der Waals surface area contributed by atoms with Crippen LogP contribution in [0.15, 0.2) is 35.6 Å². The van der Waals surface area contributed by atoms with Crippen LogP contribution < -0.4 is 5.32 Å². The summed E-state index contributed by atoms with van der Waals surface area (Å²) in [6.45, 7) is 8.53. The molecule has 0 amide bonds. The zero-order valence-corrected chi connectivity index (χ0v) is 19.6. The van der Waals surface area contributed by atoms with Crippen molar-refractivity contribution in [2.75, 3.05) is 13.6 Å². The summed E-state index contributed by atoms with van der Waals surface area (Å²) < 4.78 is 2.05. The Morgan fingerprint density at radius 2 is 2.07 bits per heavy atom. The van der Waals surface area contributed by atoms with Crippen molar-refractivity contribution in [3.8, 4) is 0 Å². The quantitative estimate of drug-likeness (QED) is 0.336. The van der Waals surface area contributed by atoms with Gasteiger partial charge in [0.15, 0.2) is 5.96 Å². The van der Waals surface area contributed by atoms with Crippen LogP contribution in [0, 0.1) is 0 Å². The number of aromatic nitrogens is 3. The third-order valence-corrected chi connectivity index (χ3v) is 4.70. The van der Waals surface area contributed by atoms with Gasteiger partial charge in [-0.05, 0) is 25.0 Å². The van der Waals surface area contributed by atoms with Gasteiger partial charge in [0.1, 0.15) is 12.2 Å². The molecule has 0 spiro atoms. The lowest BCUT2D eigenvalue weighted by molar-refractivity contribution is 0.458. The molecule has 1 heterocycles. The number of nitrogens with zero attached hydrogens (tertiary/aromatic N) is 5. The molecule has 0 aliphatic carbocycles. The fraction of sp³-hybridized carbons (Fsp3) is 0.526. The SMILES string of the molecule is CCc1nncn1CCN=C(NC(C)CC)N(C)Cc1ccccc1Cl.I. The number of aryl methyl sites for hydroxylation is 1. The molecule has 150 valence electrons. The van der Waals surface area contributed by atoms with Crippen molar-refractivity contribution in [3.63, 3.8) is 0 Å². The number of hydrogen-bond acceptors (Lipinski definition) is 3. The van der Waals surface area contributed by atoms with E-state index >= 15 is 0 Å². The molecular weight excluding hydrogens is 475 g/mol. The molecule has 1 N–H and O–H groups in total. The third-order valence-electron chi connectivity index (χ3n) is 4.33. The van der Waals surface area contributed by atoms with Gasteiger partial charge in [-0.1, -0.05) is 43.6 Å². The van der Waals surface area contributed by atoms with E-state index in [9.17, 15) is 0 Å². The number of nitrogens with one attached hydrogen (secondary N) is 1. The van der Waals surface area contributed by atoms with Crippen LogP contribution in [0.25, 0.3) is 0 Å². The van der Waals surface area contributed by atoms with E-state index in [2.05, 4.69) is 45.8 Å². The molecule has 8 heteroatoms. The summed E-state index contributed by atoms with van der Waals surface area (Å²) in [6.07, 6.45) is 3.67. The summed E-state index contributed by atoms with van der Waals surface area (Å²) >= 11 is 6.31. The van der Waals surface area contributed by atoms with E-state index in [4.69, 9.17) is 16.6 Å². The van der Waals surface area contributed by atoms with Gasteiger partial charge >= 0.3 is 0 Å². The Kier molecular flexibility index (Phi) is 10.7. The Morgan fingerprint density at radius 1 is 1.33 bits per heavy atom. The first-order chi connectivity index (χ1) is 12.5. The van der Waals surface area contributed by atoms with Crippen LogP contribution >= 0.6 is 35.6 Å². The molecule has 2 aromatic rings. The van der Waals surface area contributed by atoms with Crippen LogP contribution in [-0.4, -0.2) is 45.3 Å². The van der Waals surface area contributed by atoms with Crippen LogP contribution in [0.5, 0.6) is 0 Å². The largest absolute Gasteiger partial charge is 0.354 e. The molecule has 6 nitrogen and oxygen atoms in total. The van der Waals surface area contributed by atoms with E-state index in [0.717, 1.165) is 41.8 Å². The summed E-state index contributed by atoms with van der Waals surface area (Å²) in [5.41, 5.74) is 1.09. The monoisotopic (exact) mass is 504 g/mol. The first kappa shape index (κ1) is 23.7. The molecule has 2 rings (SSSR count). The van der Waals surface area contributed by atoms with E-state index in [1.165, 1.54) is 0 Å². The average molecular weight is 505 g/mol. The number of halogens is 2. The van der Waals surface area contributed by atoms with Gasteiger partial charge in [0.05, 0.1) is 6.54 Å². The molecule has 1 aromatic carbocycles. The lowest BCUT2D eigenvalue weighted by atomic mass is 10.2. The van der Waals surface area contributed by atoms with E-state index < -0.39 is 0 Å². The minimum absolute atomic E-state index is 0. The highest BCUT2D eigenvalue weighted by atomic mass is 127. The second kappa shape index (κ2) is 12.2. The molecule has 1 atom stereocenters. The minimum atomic E-state index is 0. The van der Waals surface area contributed by atoms with Crippen molar-refractivity contribution >= 4 is 41.5 Å². The van der Waals surface area contributed by atoms with Crippen LogP contribution in [0.3, 0.4) is 0 Å². The van der Waals surface area contributed by atoms with Crippen molar-refractivity contribution in [1.29, 1.82) is 0 Å². The first-order valence-corrected chi connectivity index (χ1v) is 9.55. The molecule has 27 heavy (non-hydrogen) atoms. The maximum atomic E-state index is 6.31. The molecule has 0 saturated carbocycles. The van der Waals surface area contributed by atoms with Gasteiger partial charge in [-0.2, -0.15) is 0 Å². The maximum absolute atomic E-state index is 6.31. The van der Waals surface area contributed by atoms with Gasteiger partial charge in [-0.25, -0.2) is 0 Å².